The molecule has 2 atom stereocenters. The van der Waals surface area contributed by atoms with Crippen LogP contribution < -0.4 is 27.8 Å². The summed E-state index contributed by atoms with van der Waals surface area (Å²) in [6.45, 7) is 2.18. The van der Waals surface area contributed by atoms with Gasteiger partial charge in [0.2, 0.25) is 0 Å². The third-order valence-corrected chi connectivity index (χ3v) is 2.09. The molecule has 9 heteroatoms. The van der Waals surface area contributed by atoms with E-state index in [1.54, 1.807) is 0 Å². The first-order chi connectivity index (χ1) is 7.95. The maximum Gasteiger partial charge on any atom is 0.181 e. The Labute approximate surface area is 92.9 Å². The molecule has 2 fully saturated rings. The van der Waals surface area contributed by atoms with E-state index in [9.17, 15) is 0 Å². The van der Waals surface area contributed by atoms with Gasteiger partial charge in [-0.15, -0.1) is 11.2 Å². The second-order valence-electron chi connectivity index (χ2n) is 3.38. The Hall–Kier alpha value is -0.360. The van der Waals surface area contributed by atoms with Crippen LogP contribution in [0.3, 0.4) is 0 Å². The summed E-state index contributed by atoms with van der Waals surface area (Å²) in [5.74, 6) is 0. The predicted molar refractivity (Wildman–Crippen MR) is 51.4 cm³/mol. The second kappa shape index (κ2) is 7.06. The fourth-order valence-electron chi connectivity index (χ4n) is 0.997. The standard InChI is InChI=1S/C7H17N5O4/c1(6-5-14-6)4-15-11-9-8-10-12-16-7-2-3-13-7/h6-12H,1-5H2. The van der Waals surface area contributed by atoms with Gasteiger partial charge in [-0.2, -0.15) is 16.6 Å². The van der Waals surface area contributed by atoms with E-state index in [2.05, 4.69) is 27.8 Å². The van der Waals surface area contributed by atoms with Crippen LogP contribution >= 0.6 is 0 Å². The highest BCUT2D eigenvalue weighted by atomic mass is 16.8. The summed E-state index contributed by atoms with van der Waals surface area (Å²) in [6, 6.07) is 0. The van der Waals surface area contributed by atoms with Gasteiger partial charge in [-0.05, 0) is 0 Å². The third-order valence-electron chi connectivity index (χ3n) is 2.09. The highest BCUT2D eigenvalue weighted by molar-refractivity contribution is 4.67. The Morgan fingerprint density at radius 1 is 1.12 bits per heavy atom. The van der Waals surface area contributed by atoms with Crippen molar-refractivity contribution in [3.05, 3.63) is 0 Å². The Morgan fingerprint density at radius 2 is 1.94 bits per heavy atom. The van der Waals surface area contributed by atoms with E-state index in [-0.39, 0.29) is 6.29 Å². The maximum atomic E-state index is 5.01. The lowest BCUT2D eigenvalue weighted by Crippen LogP contribution is -2.56. The Balaban J connectivity index is 1.24. The van der Waals surface area contributed by atoms with Crippen LogP contribution in [0.15, 0.2) is 0 Å². The van der Waals surface area contributed by atoms with E-state index in [4.69, 9.17) is 19.1 Å². The van der Waals surface area contributed by atoms with Gasteiger partial charge in [0, 0.05) is 12.8 Å². The molecule has 2 aliphatic rings. The van der Waals surface area contributed by atoms with Gasteiger partial charge in [-0.3, -0.25) is 9.68 Å². The molecule has 5 N–H and O–H groups in total. The van der Waals surface area contributed by atoms with Gasteiger partial charge in [0.1, 0.15) is 0 Å². The first kappa shape index (κ1) is 12.1. The van der Waals surface area contributed by atoms with Crippen LogP contribution in [-0.4, -0.2) is 32.2 Å². The number of hydrogen-bond acceptors (Lipinski definition) is 9. The molecule has 0 amide bonds. The summed E-state index contributed by atoms with van der Waals surface area (Å²) < 4.78 is 10.0. The van der Waals surface area contributed by atoms with Crippen molar-refractivity contribution < 1.29 is 19.1 Å². The van der Waals surface area contributed by atoms with Gasteiger partial charge in [0.25, 0.3) is 0 Å². The summed E-state index contributed by atoms with van der Waals surface area (Å²) in [5.41, 5.74) is 12.5. The Kier molecular flexibility index (Phi) is 5.34. The molecule has 2 heterocycles. The zero-order valence-corrected chi connectivity index (χ0v) is 8.82. The quantitative estimate of drug-likeness (QED) is 0.167. The van der Waals surface area contributed by atoms with Crippen molar-refractivity contribution >= 4 is 0 Å². The fraction of sp³-hybridized carbons (Fsp3) is 1.00. The monoisotopic (exact) mass is 235 g/mol. The van der Waals surface area contributed by atoms with Crippen molar-refractivity contribution in [2.24, 2.45) is 0 Å². The molecule has 0 aliphatic carbocycles. The first-order valence-corrected chi connectivity index (χ1v) is 5.21. The van der Waals surface area contributed by atoms with Crippen LogP contribution in [0.1, 0.15) is 12.8 Å². The molecular formula is C7H17N5O4. The van der Waals surface area contributed by atoms with E-state index >= 15 is 0 Å². The third kappa shape index (κ3) is 5.12. The number of hydrazine groups is 4. The molecule has 0 bridgehead atoms. The van der Waals surface area contributed by atoms with Crippen LogP contribution in [0, 0.1) is 0 Å². The van der Waals surface area contributed by atoms with Crippen molar-refractivity contribution in [3.63, 3.8) is 0 Å². The van der Waals surface area contributed by atoms with Crippen molar-refractivity contribution in [2.45, 2.75) is 25.2 Å². The highest BCUT2D eigenvalue weighted by Crippen LogP contribution is 2.12. The molecule has 0 radical (unpaired) electrons. The van der Waals surface area contributed by atoms with Gasteiger partial charge in [0.05, 0.1) is 25.9 Å². The summed E-state index contributed by atoms with van der Waals surface area (Å²) in [7, 11) is 0. The number of nitrogens with one attached hydrogen (secondary N) is 5. The topological polar surface area (TPSA) is 100 Å². The summed E-state index contributed by atoms with van der Waals surface area (Å²) in [6.07, 6.45) is 2.00. The van der Waals surface area contributed by atoms with Crippen LogP contribution in [0.4, 0.5) is 0 Å². The van der Waals surface area contributed by atoms with Crippen molar-refractivity contribution in [3.8, 4) is 0 Å². The summed E-state index contributed by atoms with van der Waals surface area (Å²) in [5, 5.41) is 0. The molecule has 0 saturated carbocycles. The van der Waals surface area contributed by atoms with E-state index in [0.29, 0.717) is 12.7 Å². The fourth-order valence-corrected chi connectivity index (χ4v) is 0.997. The van der Waals surface area contributed by atoms with Crippen LogP contribution in [-0.2, 0) is 19.1 Å². The smallest absolute Gasteiger partial charge is 0.181 e. The first-order valence-electron chi connectivity index (χ1n) is 5.21. The molecule has 0 aromatic rings. The van der Waals surface area contributed by atoms with Crippen molar-refractivity contribution in [2.75, 3.05) is 19.8 Å². The van der Waals surface area contributed by atoms with Gasteiger partial charge in [0.15, 0.2) is 6.29 Å². The molecular weight excluding hydrogens is 218 g/mol. The SMILES string of the molecule is C(CC1CO1)ONNNNNOC1CCO1. The zero-order valence-electron chi connectivity index (χ0n) is 8.82. The molecule has 94 valence electrons. The van der Waals surface area contributed by atoms with Gasteiger partial charge >= 0.3 is 0 Å². The molecule has 2 saturated heterocycles. The highest BCUT2D eigenvalue weighted by Gasteiger charge is 2.21. The largest absolute Gasteiger partial charge is 0.373 e. The molecule has 0 aromatic heterocycles. The van der Waals surface area contributed by atoms with Gasteiger partial charge in [-0.1, -0.05) is 0 Å². The van der Waals surface area contributed by atoms with E-state index < -0.39 is 0 Å². The van der Waals surface area contributed by atoms with Gasteiger partial charge < -0.3 is 9.47 Å². The van der Waals surface area contributed by atoms with Crippen LogP contribution in [0.2, 0.25) is 0 Å². The lowest BCUT2D eigenvalue weighted by atomic mass is 10.4. The minimum atomic E-state index is -0.169. The maximum absolute atomic E-state index is 5.01. The average Bonchev–Trinajstić information content (AvgIpc) is 3.02. The molecule has 2 aliphatic heterocycles. The van der Waals surface area contributed by atoms with Crippen LogP contribution in [0.25, 0.3) is 0 Å². The van der Waals surface area contributed by atoms with Crippen LogP contribution in [0.5, 0.6) is 0 Å². The predicted octanol–water partition coefficient (Wildman–Crippen LogP) is -2.01. The normalized spacial score (nSPS) is 27.8. The minimum absolute atomic E-state index is 0.169. The number of ether oxygens (including phenoxy) is 2. The van der Waals surface area contributed by atoms with Crippen molar-refractivity contribution in [1.82, 2.24) is 27.8 Å². The molecule has 0 aromatic carbocycles. The van der Waals surface area contributed by atoms with E-state index in [1.807, 2.05) is 0 Å². The second-order valence-corrected chi connectivity index (χ2v) is 3.38. The number of rotatable bonds is 10. The lowest BCUT2D eigenvalue weighted by Gasteiger charge is -2.25. The molecule has 9 nitrogen and oxygen atoms in total. The Bertz CT molecular complexity index is 190. The lowest BCUT2D eigenvalue weighted by molar-refractivity contribution is -0.254. The molecule has 0 spiro atoms. The number of hydrogen-bond donors (Lipinski definition) is 5. The van der Waals surface area contributed by atoms with E-state index in [1.165, 1.54) is 0 Å². The van der Waals surface area contributed by atoms with Gasteiger partial charge in [-0.25, -0.2) is 0 Å². The molecule has 16 heavy (non-hydrogen) atoms. The Morgan fingerprint density at radius 3 is 2.62 bits per heavy atom. The van der Waals surface area contributed by atoms with Crippen molar-refractivity contribution in [1.29, 1.82) is 0 Å². The molecule has 2 unspecified atom stereocenters. The summed E-state index contributed by atoms with van der Waals surface area (Å²) in [4.78, 5) is 9.98. The minimum Gasteiger partial charge on any atom is -0.373 e. The summed E-state index contributed by atoms with van der Waals surface area (Å²) >= 11 is 0. The van der Waals surface area contributed by atoms with E-state index in [0.717, 1.165) is 26.1 Å². The zero-order chi connectivity index (χ0) is 11.1. The molecule has 2 rings (SSSR count). The average molecular weight is 235 g/mol. The number of epoxide rings is 1.